The van der Waals surface area contributed by atoms with Gasteiger partial charge in [-0.25, -0.2) is 4.39 Å². The van der Waals surface area contributed by atoms with Gasteiger partial charge in [0.15, 0.2) is 0 Å². The highest BCUT2D eigenvalue weighted by Crippen LogP contribution is 2.30. The van der Waals surface area contributed by atoms with Gasteiger partial charge in [0.2, 0.25) is 0 Å². The molecule has 0 radical (unpaired) electrons. The van der Waals surface area contributed by atoms with E-state index in [2.05, 4.69) is 21.2 Å². The van der Waals surface area contributed by atoms with Gasteiger partial charge in [-0.3, -0.25) is 4.79 Å². The van der Waals surface area contributed by atoms with E-state index >= 15 is 0 Å². The number of aryl methyl sites for hydroxylation is 1. The molecule has 2 unspecified atom stereocenters. The monoisotopic (exact) mass is 329 g/mol. The Morgan fingerprint density at radius 2 is 2.21 bits per heavy atom. The zero-order valence-corrected chi connectivity index (χ0v) is 12.3. The third-order valence-electron chi connectivity index (χ3n) is 3.65. The first-order chi connectivity index (χ1) is 8.97. The van der Waals surface area contributed by atoms with Gasteiger partial charge in [0.05, 0.1) is 10.4 Å². The van der Waals surface area contributed by atoms with Gasteiger partial charge in [-0.15, -0.1) is 0 Å². The second kappa shape index (κ2) is 5.90. The van der Waals surface area contributed by atoms with Gasteiger partial charge in [-0.1, -0.05) is 6.42 Å². The Kier molecular flexibility index (Phi) is 4.45. The number of carboxylic acids is 1. The molecular weight excluding hydrogens is 313 g/mol. The molecule has 1 fully saturated rings. The Morgan fingerprint density at radius 3 is 2.89 bits per heavy atom. The Hall–Kier alpha value is -1.10. The van der Waals surface area contributed by atoms with Crippen LogP contribution in [-0.2, 0) is 4.79 Å². The molecule has 104 valence electrons. The maximum absolute atomic E-state index is 13.4. The first kappa shape index (κ1) is 14.3. The highest BCUT2D eigenvalue weighted by Gasteiger charge is 2.27. The van der Waals surface area contributed by atoms with E-state index in [0.29, 0.717) is 10.9 Å². The van der Waals surface area contributed by atoms with Gasteiger partial charge < -0.3 is 10.4 Å². The molecule has 0 aliphatic heterocycles. The summed E-state index contributed by atoms with van der Waals surface area (Å²) in [4.78, 5) is 11.0. The van der Waals surface area contributed by atoms with E-state index in [1.807, 2.05) is 6.92 Å². The molecule has 5 heteroatoms. The predicted molar refractivity (Wildman–Crippen MR) is 75.8 cm³/mol. The normalized spacial score (nSPS) is 23.1. The first-order valence-corrected chi connectivity index (χ1v) is 7.21. The number of aliphatic carboxylic acids is 1. The average molecular weight is 330 g/mol. The van der Waals surface area contributed by atoms with Crippen molar-refractivity contribution in [2.45, 2.75) is 38.6 Å². The Balaban J connectivity index is 2.08. The minimum atomic E-state index is -0.719. The van der Waals surface area contributed by atoms with Crippen LogP contribution in [0.2, 0.25) is 0 Å². The second-order valence-electron chi connectivity index (χ2n) is 5.12. The second-order valence-corrected chi connectivity index (χ2v) is 5.98. The van der Waals surface area contributed by atoms with Crippen LogP contribution < -0.4 is 5.32 Å². The number of carboxylic acid groups (broad SMARTS) is 1. The van der Waals surface area contributed by atoms with Gasteiger partial charge in [0, 0.05) is 11.7 Å². The summed E-state index contributed by atoms with van der Waals surface area (Å²) in [6.07, 6.45) is 3.25. The number of halogens is 2. The molecule has 1 saturated carbocycles. The van der Waals surface area contributed by atoms with E-state index in [1.54, 1.807) is 6.07 Å². The van der Waals surface area contributed by atoms with Gasteiger partial charge in [-0.05, 0) is 59.8 Å². The van der Waals surface area contributed by atoms with Crippen LogP contribution in [0.25, 0.3) is 0 Å². The topological polar surface area (TPSA) is 49.3 Å². The zero-order valence-electron chi connectivity index (χ0n) is 10.7. The Bertz CT molecular complexity index is 493. The van der Waals surface area contributed by atoms with Gasteiger partial charge in [0.1, 0.15) is 5.82 Å². The summed E-state index contributed by atoms with van der Waals surface area (Å²) in [5, 5.41) is 12.4. The van der Waals surface area contributed by atoms with Crippen LogP contribution in [0.4, 0.5) is 10.1 Å². The van der Waals surface area contributed by atoms with Crippen LogP contribution in [0.15, 0.2) is 16.6 Å². The average Bonchev–Trinajstić information content (AvgIpc) is 2.36. The maximum atomic E-state index is 13.4. The molecule has 1 aromatic rings. The summed E-state index contributed by atoms with van der Waals surface area (Å²) >= 11 is 3.17. The number of benzene rings is 1. The molecule has 0 aromatic heterocycles. The molecule has 2 atom stereocenters. The molecule has 0 spiro atoms. The SMILES string of the molecule is Cc1cc(F)c(Br)cc1NC1CCCC(C(=O)O)C1. The molecule has 2 rings (SSSR count). The summed E-state index contributed by atoms with van der Waals surface area (Å²) in [7, 11) is 0. The molecule has 2 N–H and O–H groups in total. The number of nitrogens with one attached hydrogen (secondary N) is 1. The third-order valence-corrected chi connectivity index (χ3v) is 4.26. The smallest absolute Gasteiger partial charge is 0.306 e. The van der Waals surface area contributed by atoms with Crippen molar-refractivity contribution in [3.8, 4) is 0 Å². The minimum Gasteiger partial charge on any atom is -0.481 e. The third kappa shape index (κ3) is 3.47. The van der Waals surface area contributed by atoms with Crippen molar-refractivity contribution in [2.24, 2.45) is 5.92 Å². The van der Waals surface area contributed by atoms with Crippen LogP contribution in [0, 0.1) is 18.7 Å². The van der Waals surface area contributed by atoms with Crippen molar-refractivity contribution in [3.63, 3.8) is 0 Å². The van der Waals surface area contributed by atoms with Crippen molar-refractivity contribution in [2.75, 3.05) is 5.32 Å². The number of rotatable bonds is 3. The fraction of sp³-hybridized carbons (Fsp3) is 0.500. The van der Waals surface area contributed by atoms with Crippen LogP contribution >= 0.6 is 15.9 Å². The lowest BCUT2D eigenvalue weighted by atomic mass is 9.85. The lowest BCUT2D eigenvalue weighted by Gasteiger charge is -2.28. The summed E-state index contributed by atoms with van der Waals surface area (Å²) in [5.41, 5.74) is 1.70. The van der Waals surface area contributed by atoms with E-state index in [-0.39, 0.29) is 17.8 Å². The molecule has 0 bridgehead atoms. The number of carbonyl (C=O) groups is 1. The molecule has 3 nitrogen and oxygen atoms in total. The van der Waals surface area contributed by atoms with Crippen LogP contribution in [0.5, 0.6) is 0 Å². The standard InChI is InChI=1S/C14H17BrFNO2/c1-8-5-12(16)11(15)7-13(8)17-10-4-2-3-9(6-10)14(18)19/h5,7,9-10,17H,2-4,6H2,1H3,(H,18,19). The highest BCUT2D eigenvalue weighted by molar-refractivity contribution is 9.10. The quantitative estimate of drug-likeness (QED) is 0.882. The van der Waals surface area contributed by atoms with Crippen molar-refractivity contribution >= 4 is 27.6 Å². The summed E-state index contributed by atoms with van der Waals surface area (Å²) < 4.78 is 13.8. The van der Waals surface area contributed by atoms with Crippen molar-refractivity contribution in [3.05, 3.63) is 28.0 Å². The van der Waals surface area contributed by atoms with Gasteiger partial charge in [-0.2, -0.15) is 0 Å². The summed E-state index contributed by atoms with van der Waals surface area (Å²) in [6.45, 7) is 1.84. The fourth-order valence-corrected chi connectivity index (χ4v) is 2.91. The maximum Gasteiger partial charge on any atom is 0.306 e. The van der Waals surface area contributed by atoms with Gasteiger partial charge in [0.25, 0.3) is 0 Å². The van der Waals surface area contributed by atoms with E-state index in [0.717, 1.165) is 30.5 Å². The van der Waals surface area contributed by atoms with E-state index < -0.39 is 5.97 Å². The van der Waals surface area contributed by atoms with Crippen LogP contribution in [-0.4, -0.2) is 17.1 Å². The van der Waals surface area contributed by atoms with E-state index in [4.69, 9.17) is 5.11 Å². The molecule has 1 aromatic carbocycles. The van der Waals surface area contributed by atoms with Crippen molar-refractivity contribution in [1.82, 2.24) is 0 Å². The lowest BCUT2D eigenvalue weighted by molar-refractivity contribution is -0.142. The molecular formula is C14H17BrFNO2. The molecule has 0 saturated heterocycles. The summed E-state index contributed by atoms with van der Waals surface area (Å²) in [5.74, 6) is -1.27. The number of anilines is 1. The van der Waals surface area contributed by atoms with Gasteiger partial charge >= 0.3 is 5.97 Å². The Labute approximate surface area is 120 Å². The van der Waals surface area contributed by atoms with Crippen molar-refractivity contribution in [1.29, 1.82) is 0 Å². The number of hydrogen-bond donors (Lipinski definition) is 2. The molecule has 1 aliphatic rings. The summed E-state index contributed by atoms with van der Waals surface area (Å²) in [6, 6.07) is 3.34. The minimum absolute atomic E-state index is 0.144. The van der Waals surface area contributed by atoms with Crippen LogP contribution in [0.1, 0.15) is 31.2 Å². The van der Waals surface area contributed by atoms with Crippen molar-refractivity contribution < 1.29 is 14.3 Å². The number of hydrogen-bond acceptors (Lipinski definition) is 2. The van der Waals surface area contributed by atoms with E-state index in [1.165, 1.54) is 6.07 Å². The fourth-order valence-electron chi connectivity index (χ4n) is 2.57. The van der Waals surface area contributed by atoms with Crippen LogP contribution in [0.3, 0.4) is 0 Å². The largest absolute Gasteiger partial charge is 0.481 e. The highest BCUT2D eigenvalue weighted by atomic mass is 79.9. The first-order valence-electron chi connectivity index (χ1n) is 6.42. The Morgan fingerprint density at radius 1 is 1.47 bits per heavy atom. The molecule has 0 heterocycles. The lowest BCUT2D eigenvalue weighted by Crippen LogP contribution is -2.31. The van der Waals surface area contributed by atoms with E-state index in [9.17, 15) is 9.18 Å². The molecule has 1 aliphatic carbocycles. The predicted octanol–water partition coefficient (Wildman–Crippen LogP) is 3.95. The molecule has 0 amide bonds. The zero-order chi connectivity index (χ0) is 14.0. The molecule has 19 heavy (non-hydrogen) atoms.